The van der Waals surface area contributed by atoms with Crippen molar-refractivity contribution in [2.45, 2.75) is 18.9 Å². The fourth-order valence-corrected chi connectivity index (χ4v) is 3.06. The number of carbonyl (C=O) groups is 1. The minimum atomic E-state index is 0.0185. The maximum atomic E-state index is 12.5. The van der Waals surface area contributed by atoms with Crippen LogP contribution in [0.3, 0.4) is 0 Å². The smallest absolute Gasteiger partial charge is 0.240 e. The van der Waals surface area contributed by atoms with Crippen LogP contribution in [0, 0.1) is 5.92 Å². The van der Waals surface area contributed by atoms with Gasteiger partial charge in [0.15, 0.2) is 0 Å². The van der Waals surface area contributed by atoms with Crippen LogP contribution in [0.1, 0.15) is 12.8 Å². The molecule has 0 aromatic carbocycles. The number of rotatable bonds is 3. The Morgan fingerprint density at radius 2 is 1.95 bits per heavy atom. The third kappa shape index (κ3) is 3.91. The van der Waals surface area contributed by atoms with Gasteiger partial charge in [-0.15, -0.1) is 0 Å². The molecule has 19 heavy (non-hydrogen) atoms. The van der Waals surface area contributed by atoms with Crippen LogP contribution < -0.4 is 5.32 Å². The molecule has 2 heterocycles. The fraction of sp³-hybridized carbons (Fsp3) is 0.929. The lowest BCUT2D eigenvalue weighted by molar-refractivity contribution is -0.136. The molecule has 110 valence electrons. The minimum absolute atomic E-state index is 0.0185. The second-order valence-electron chi connectivity index (χ2n) is 6.17. The molecule has 1 amide bonds. The molecule has 2 aliphatic heterocycles. The lowest BCUT2D eigenvalue weighted by atomic mass is 9.96. The third-order valence-corrected chi connectivity index (χ3v) is 4.54. The Labute approximate surface area is 116 Å². The van der Waals surface area contributed by atoms with Gasteiger partial charge >= 0.3 is 0 Å². The van der Waals surface area contributed by atoms with Crippen LogP contribution in [-0.2, 0) is 4.79 Å². The molecule has 0 saturated carbocycles. The van der Waals surface area contributed by atoms with Crippen LogP contribution in [0.2, 0.25) is 0 Å². The van der Waals surface area contributed by atoms with Crippen molar-refractivity contribution in [1.29, 1.82) is 0 Å². The Morgan fingerprint density at radius 1 is 1.26 bits per heavy atom. The lowest BCUT2D eigenvalue weighted by Gasteiger charge is -2.36. The second kappa shape index (κ2) is 6.68. The van der Waals surface area contributed by atoms with Crippen molar-refractivity contribution in [3.63, 3.8) is 0 Å². The Morgan fingerprint density at radius 3 is 2.58 bits per heavy atom. The highest BCUT2D eigenvalue weighted by atomic mass is 16.2. The molecular formula is C14H28N4O. The van der Waals surface area contributed by atoms with E-state index in [0.717, 1.165) is 39.3 Å². The zero-order chi connectivity index (χ0) is 13.8. The van der Waals surface area contributed by atoms with Crippen LogP contribution in [0.4, 0.5) is 0 Å². The summed E-state index contributed by atoms with van der Waals surface area (Å²) in [6.45, 7) is 5.97. The highest BCUT2D eigenvalue weighted by molar-refractivity contribution is 5.82. The van der Waals surface area contributed by atoms with Gasteiger partial charge in [0.1, 0.15) is 6.04 Å². The normalized spacial score (nSPS) is 27.4. The molecule has 2 aliphatic rings. The molecule has 1 unspecified atom stereocenters. The summed E-state index contributed by atoms with van der Waals surface area (Å²) in [5.74, 6) is 0.945. The Hall–Kier alpha value is -0.650. The van der Waals surface area contributed by atoms with Crippen LogP contribution in [0.15, 0.2) is 0 Å². The van der Waals surface area contributed by atoms with Gasteiger partial charge in [0.05, 0.1) is 0 Å². The Bertz CT molecular complexity index is 302. The maximum Gasteiger partial charge on any atom is 0.240 e. The van der Waals surface area contributed by atoms with Crippen LogP contribution in [-0.4, -0.2) is 87.1 Å². The highest BCUT2D eigenvalue weighted by Crippen LogP contribution is 2.17. The van der Waals surface area contributed by atoms with Gasteiger partial charge in [-0.2, -0.15) is 0 Å². The quantitative estimate of drug-likeness (QED) is 0.762. The number of likely N-dealkylation sites (tertiary alicyclic amines) is 1. The largest absolute Gasteiger partial charge is 0.344 e. The standard InChI is InChI=1S/C14H28N4O/c1-16-7-4-12(5-8-16)11-18(3)14(19)13-10-15-6-9-17(13)2/h12-13,15H,4-11H2,1-3H3. The second-order valence-corrected chi connectivity index (χ2v) is 6.17. The van der Waals surface area contributed by atoms with Crippen LogP contribution in [0.5, 0.6) is 0 Å². The number of hydrogen-bond donors (Lipinski definition) is 1. The molecule has 2 fully saturated rings. The number of likely N-dealkylation sites (N-methyl/N-ethyl adjacent to an activating group) is 2. The van der Waals surface area contributed by atoms with Gasteiger partial charge in [0.25, 0.3) is 0 Å². The summed E-state index contributed by atoms with van der Waals surface area (Å²) in [6.07, 6.45) is 2.43. The number of nitrogens with zero attached hydrogens (tertiary/aromatic N) is 3. The van der Waals surface area contributed by atoms with Gasteiger partial charge in [0, 0.05) is 33.2 Å². The van der Waals surface area contributed by atoms with E-state index in [1.165, 1.54) is 12.8 Å². The zero-order valence-corrected chi connectivity index (χ0v) is 12.6. The van der Waals surface area contributed by atoms with Crippen molar-refractivity contribution in [2.75, 3.05) is 60.4 Å². The zero-order valence-electron chi connectivity index (χ0n) is 12.6. The van der Waals surface area contributed by atoms with E-state index in [0.29, 0.717) is 5.92 Å². The van der Waals surface area contributed by atoms with Crippen molar-refractivity contribution in [3.8, 4) is 0 Å². The van der Waals surface area contributed by atoms with E-state index in [4.69, 9.17) is 0 Å². The van der Waals surface area contributed by atoms with Gasteiger partial charge in [-0.25, -0.2) is 0 Å². The highest BCUT2D eigenvalue weighted by Gasteiger charge is 2.29. The van der Waals surface area contributed by atoms with Gasteiger partial charge in [-0.05, 0) is 45.9 Å². The Balaban J connectivity index is 1.81. The summed E-state index contributed by atoms with van der Waals surface area (Å²) in [7, 11) is 6.18. The molecule has 2 rings (SSSR count). The molecule has 2 saturated heterocycles. The molecule has 1 atom stereocenters. The topological polar surface area (TPSA) is 38.8 Å². The molecule has 0 aromatic rings. The van der Waals surface area contributed by atoms with Crippen LogP contribution in [0.25, 0.3) is 0 Å². The summed E-state index contributed by atoms with van der Waals surface area (Å²) >= 11 is 0. The van der Waals surface area contributed by atoms with E-state index in [2.05, 4.69) is 22.2 Å². The van der Waals surface area contributed by atoms with E-state index < -0.39 is 0 Å². The first-order valence-corrected chi connectivity index (χ1v) is 7.42. The van der Waals surface area contributed by atoms with Crippen molar-refractivity contribution in [1.82, 2.24) is 20.0 Å². The molecular weight excluding hydrogens is 240 g/mol. The van der Waals surface area contributed by atoms with E-state index in [1.807, 2.05) is 19.0 Å². The SMILES string of the molecule is CN1CCC(CN(C)C(=O)C2CNCCN2C)CC1. The summed E-state index contributed by atoms with van der Waals surface area (Å²) in [5.41, 5.74) is 0. The van der Waals surface area contributed by atoms with Crippen molar-refractivity contribution < 1.29 is 4.79 Å². The first-order chi connectivity index (χ1) is 9.08. The van der Waals surface area contributed by atoms with Crippen LogP contribution >= 0.6 is 0 Å². The molecule has 0 aliphatic carbocycles. The Kier molecular flexibility index (Phi) is 5.19. The lowest BCUT2D eigenvalue weighted by Crippen LogP contribution is -2.57. The number of piperidine rings is 1. The molecule has 0 radical (unpaired) electrons. The summed E-state index contributed by atoms with van der Waals surface area (Å²) < 4.78 is 0. The van der Waals surface area contributed by atoms with E-state index in [9.17, 15) is 4.79 Å². The average Bonchev–Trinajstić information content (AvgIpc) is 2.41. The van der Waals surface area contributed by atoms with E-state index in [-0.39, 0.29) is 11.9 Å². The minimum Gasteiger partial charge on any atom is -0.344 e. The van der Waals surface area contributed by atoms with Gasteiger partial charge < -0.3 is 15.1 Å². The predicted molar refractivity (Wildman–Crippen MR) is 77.1 cm³/mol. The molecule has 5 nitrogen and oxygen atoms in total. The summed E-state index contributed by atoms with van der Waals surface area (Å²) in [6, 6.07) is 0.0185. The van der Waals surface area contributed by atoms with Gasteiger partial charge in [-0.1, -0.05) is 0 Å². The van der Waals surface area contributed by atoms with Gasteiger partial charge in [0.2, 0.25) is 5.91 Å². The number of carbonyl (C=O) groups excluding carboxylic acids is 1. The van der Waals surface area contributed by atoms with Crippen molar-refractivity contribution in [2.24, 2.45) is 5.92 Å². The number of nitrogens with one attached hydrogen (secondary N) is 1. The van der Waals surface area contributed by atoms with Crippen molar-refractivity contribution >= 4 is 5.91 Å². The van der Waals surface area contributed by atoms with Gasteiger partial charge in [-0.3, -0.25) is 9.69 Å². The number of hydrogen-bond acceptors (Lipinski definition) is 4. The van der Waals surface area contributed by atoms with Crippen molar-refractivity contribution in [3.05, 3.63) is 0 Å². The van der Waals surface area contributed by atoms with E-state index >= 15 is 0 Å². The molecule has 5 heteroatoms. The molecule has 0 aromatic heterocycles. The molecule has 1 N–H and O–H groups in total. The number of amides is 1. The maximum absolute atomic E-state index is 12.5. The monoisotopic (exact) mass is 268 g/mol. The average molecular weight is 268 g/mol. The molecule has 0 spiro atoms. The first kappa shape index (κ1) is 14.8. The third-order valence-electron chi connectivity index (χ3n) is 4.54. The number of piperazine rings is 1. The predicted octanol–water partition coefficient (Wildman–Crippen LogP) is -0.310. The fourth-order valence-electron chi connectivity index (χ4n) is 3.06. The summed E-state index contributed by atoms with van der Waals surface area (Å²) in [4.78, 5) is 19.0. The summed E-state index contributed by atoms with van der Waals surface area (Å²) in [5, 5.41) is 3.31. The molecule has 0 bridgehead atoms. The van der Waals surface area contributed by atoms with E-state index in [1.54, 1.807) is 0 Å². The first-order valence-electron chi connectivity index (χ1n) is 7.42.